The third-order valence-corrected chi connectivity index (χ3v) is 11.1. The number of hydrogen-bond acceptors (Lipinski definition) is 3. The standard InChI is InChI=1S/C35H44N2O2/c1-33(2,3)23-11-13-25(14-12-23)37(24-9-7-6-8-10-24)32(39)30-16-15-28-27-22-36-31-21-26(38)17-19-35(31,5)29(27)18-20-34(28,30)4/h6-14,21,27-30,36H,15-20,22H2,1-5H3/t27-,28-,29+,30?,34-,35+/m0/s1. The van der Waals surface area contributed by atoms with Gasteiger partial charge < -0.3 is 5.32 Å². The molecule has 4 nitrogen and oxygen atoms in total. The van der Waals surface area contributed by atoms with Crippen molar-refractivity contribution in [3.63, 3.8) is 0 Å². The zero-order valence-electron chi connectivity index (χ0n) is 24.3. The van der Waals surface area contributed by atoms with Gasteiger partial charge in [0.05, 0.1) is 0 Å². The molecule has 1 N–H and O–H groups in total. The van der Waals surface area contributed by atoms with E-state index in [0.29, 0.717) is 24.2 Å². The summed E-state index contributed by atoms with van der Waals surface area (Å²) < 4.78 is 0. The van der Waals surface area contributed by atoms with Crippen molar-refractivity contribution in [3.05, 3.63) is 71.9 Å². The van der Waals surface area contributed by atoms with E-state index in [0.717, 1.165) is 50.0 Å². The number of piperidine rings is 1. The van der Waals surface area contributed by atoms with E-state index in [1.807, 2.05) is 29.2 Å². The topological polar surface area (TPSA) is 49.4 Å². The van der Waals surface area contributed by atoms with Crippen molar-refractivity contribution in [3.8, 4) is 0 Å². The van der Waals surface area contributed by atoms with Crippen molar-refractivity contribution in [2.45, 2.75) is 78.6 Å². The maximum absolute atomic E-state index is 14.6. The molecule has 39 heavy (non-hydrogen) atoms. The molecule has 2 aromatic carbocycles. The van der Waals surface area contributed by atoms with Gasteiger partial charge in [-0.25, -0.2) is 0 Å². The van der Waals surface area contributed by atoms with Gasteiger partial charge in [0, 0.05) is 47.4 Å². The van der Waals surface area contributed by atoms with Crippen LogP contribution >= 0.6 is 0 Å². The summed E-state index contributed by atoms with van der Waals surface area (Å²) in [5, 5.41) is 3.70. The Morgan fingerprint density at radius 1 is 0.897 bits per heavy atom. The number of ketones is 1. The van der Waals surface area contributed by atoms with Crippen LogP contribution in [0.4, 0.5) is 11.4 Å². The predicted octanol–water partition coefficient (Wildman–Crippen LogP) is 7.56. The van der Waals surface area contributed by atoms with Crippen LogP contribution in [0.3, 0.4) is 0 Å². The summed E-state index contributed by atoms with van der Waals surface area (Å²) in [6.07, 6.45) is 7.77. The van der Waals surface area contributed by atoms with E-state index in [2.05, 4.69) is 76.3 Å². The van der Waals surface area contributed by atoms with Gasteiger partial charge in [-0.2, -0.15) is 0 Å². The van der Waals surface area contributed by atoms with Gasteiger partial charge in [-0.05, 0) is 90.5 Å². The second-order valence-electron chi connectivity index (χ2n) is 14.2. The second-order valence-corrected chi connectivity index (χ2v) is 14.2. The van der Waals surface area contributed by atoms with Gasteiger partial charge in [-0.3, -0.25) is 14.5 Å². The van der Waals surface area contributed by atoms with Gasteiger partial charge in [0.25, 0.3) is 0 Å². The molecule has 0 bridgehead atoms. The van der Waals surface area contributed by atoms with Crippen molar-refractivity contribution < 1.29 is 9.59 Å². The normalized spacial score (nSPS) is 33.8. The Kier molecular flexibility index (Phi) is 6.32. The van der Waals surface area contributed by atoms with Crippen molar-refractivity contribution >= 4 is 23.1 Å². The number of nitrogens with one attached hydrogen (secondary N) is 1. The maximum atomic E-state index is 14.6. The number of carbonyl (C=O) groups is 2. The fourth-order valence-electron chi connectivity index (χ4n) is 8.80. The number of amides is 1. The molecule has 1 amide bonds. The molecule has 3 fully saturated rings. The van der Waals surface area contributed by atoms with Crippen molar-refractivity contribution in [1.82, 2.24) is 5.32 Å². The van der Waals surface area contributed by atoms with Crippen LogP contribution in [0.2, 0.25) is 0 Å². The number of carbonyl (C=O) groups excluding carboxylic acids is 2. The highest BCUT2D eigenvalue weighted by Crippen LogP contribution is 2.64. The number of nitrogens with zero attached hydrogens (tertiary/aromatic N) is 1. The van der Waals surface area contributed by atoms with E-state index in [9.17, 15) is 9.59 Å². The molecule has 0 spiro atoms. The first-order valence-corrected chi connectivity index (χ1v) is 15.0. The summed E-state index contributed by atoms with van der Waals surface area (Å²) in [5.41, 5.74) is 4.45. The van der Waals surface area contributed by atoms with E-state index >= 15 is 0 Å². The maximum Gasteiger partial charge on any atom is 0.235 e. The van der Waals surface area contributed by atoms with Crippen LogP contribution in [-0.4, -0.2) is 18.2 Å². The predicted molar refractivity (Wildman–Crippen MR) is 158 cm³/mol. The Bertz CT molecular complexity index is 1290. The number of hydrogen-bond donors (Lipinski definition) is 1. The smallest absolute Gasteiger partial charge is 0.235 e. The third kappa shape index (κ3) is 4.26. The first-order valence-electron chi connectivity index (χ1n) is 15.0. The third-order valence-electron chi connectivity index (χ3n) is 11.1. The lowest BCUT2D eigenvalue weighted by atomic mass is 9.50. The second kappa shape index (κ2) is 9.35. The van der Waals surface area contributed by atoms with Gasteiger partial charge in [0.15, 0.2) is 5.78 Å². The molecule has 0 aromatic heterocycles. The number of para-hydroxylation sites is 1. The molecule has 4 heteroatoms. The minimum Gasteiger partial charge on any atom is -0.387 e. The highest BCUT2D eigenvalue weighted by Gasteiger charge is 2.61. The molecular weight excluding hydrogens is 480 g/mol. The lowest BCUT2D eigenvalue weighted by Crippen LogP contribution is -2.57. The summed E-state index contributed by atoms with van der Waals surface area (Å²) in [4.78, 5) is 28.8. The largest absolute Gasteiger partial charge is 0.387 e. The van der Waals surface area contributed by atoms with Crippen molar-refractivity contribution in [2.24, 2.45) is 34.5 Å². The Balaban J connectivity index is 1.31. The first kappa shape index (κ1) is 26.3. The molecule has 1 saturated heterocycles. The highest BCUT2D eigenvalue weighted by molar-refractivity contribution is 6.02. The lowest BCUT2D eigenvalue weighted by Gasteiger charge is -2.58. The van der Waals surface area contributed by atoms with Gasteiger partial charge >= 0.3 is 0 Å². The summed E-state index contributed by atoms with van der Waals surface area (Å²) >= 11 is 0. The minimum atomic E-state index is -0.0135. The van der Waals surface area contributed by atoms with Crippen LogP contribution in [-0.2, 0) is 15.0 Å². The average Bonchev–Trinajstić information content (AvgIpc) is 3.27. The Morgan fingerprint density at radius 3 is 2.28 bits per heavy atom. The fraction of sp³-hybridized carbons (Fsp3) is 0.543. The van der Waals surface area contributed by atoms with Crippen LogP contribution < -0.4 is 10.2 Å². The van der Waals surface area contributed by atoms with E-state index in [1.54, 1.807) is 0 Å². The average molecular weight is 525 g/mol. The Labute approximate surface area is 234 Å². The molecule has 206 valence electrons. The molecule has 0 radical (unpaired) electrons. The lowest BCUT2D eigenvalue weighted by molar-refractivity contribution is -0.129. The van der Waals surface area contributed by atoms with Crippen molar-refractivity contribution in [1.29, 1.82) is 0 Å². The molecular formula is C35H44N2O2. The zero-order chi connectivity index (χ0) is 27.6. The van der Waals surface area contributed by atoms with Crippen LogP contribution in [0.15, 0.2) is 66.4 Å². The highest BCUT2D eigenvalue weighted by atomic mass is 16.2. The number of benzene rings is 2. The van der Waals surface area contributed by atoms with E-state index in [1.165, 1.54) is 11.3 Å². The minimum absolute atomic E-state index is 0.00336. The van der Waals surface area contributed by atoms with E-state index in [4.69, 9.17) is 0 Å². The number of fused-ring (bicyclic) bond motifs is 5. The molecule has 2 saturated carbocycles. The van der Waals surface area contributed by atoms with E-state index in [-0.39, 0.29) is 33.9 Å². The number of allylic oxidation sites excluding steroid dienone is 2. The molecule has 2 aromatic rings. The molecule has 1 heterocycles. The zero-order valence-corrected chi connectivity index (χ0v) is 24.3. The van der Waals surface area contributed by atoms with Gasteiger partial charge in [0.2, 0.25) is 5.91 Å². The monoisotopic (exact) mass is 524 g/mol. The van der Waals surface area contributed by atoms with Crippen LogP contribution in [0.1, 0.15) is 78.7 Å². The molecule has 6 atom stereocenters. The fourth-order valence-corrected chi connectivity index (χ4v) is 8.80. The van der Waals surface area contributed by atoms with Gasteiger partial charge in [-0.1, -0.05) is 65.0 Å². The molecule has 4 aliphatic rings. The molecule has 1 unspecified atom stereocenters. The number of rotatable bonds is 3. The SMILES string of the molecule is CC(C)(C)c1ccc(N(C(=O)C2CC[C@H]3[C@@H]4CNC5=CC(=O)CC[C@]5(C)[C@@H]4CC[C@]23C)c2ccccc2)cc1. The van der Waals surface area contributed by atoms with Crippen LogP contribution in [0, 0.1) is 34.5 Å². The molecule has 3 aliphatic carbocycles. The van der Waals surface area contributed by atoms with Crippen LogP contribution in [0.25, 0.3) is 0 Å². The molecule has 1 aliphatic heterocycles. The summed E-state index contributed by atoms with van der Waals surface area (Å²) in [5.74, 6) is 2.16. The van der Waals surface area contributed by atoms with Crippen molar-refractivity contribution in [2.75, 3.05) is 11.4 Å². The van der Waals surface area contributed by atoms with E-state index < -0.39 is 0 Å². The quantitative estimate of drug-likeness (QED) is 0.451. The summed E-state index contributed by atoms with van der Waals surface area (Å²) in [6, 6.07) is 18.8. The van der Waals surface area contributed by atoms with Gasteiger partial charge in [-0.15, -0.1) is 0 Å². The van der Waals surface area contributed by atoms with Gasteiger partial charge in [0.1, 0.15) is 0 Å². The first-order chi connectivity index (χ1) is 18.5. The summed E-state index contributed by atoms with van der Waals surface area (Å²) in [7, 11) is 0. The number of anilines is 2. The summed E-state index contributed by atoms with van der Waals surface area (Å²) in [6.45, 7) is 12.4. The Hall–Kier alpha value is -2.88. The molecule has 6 rings (SSSR count). The Morgan fingerprint density at radius 2 is 1.59 bits per heavy atom. The van der Waals surface area contributed by atoms with Crippen LogP contribution in [0.5, 0.6) is 0 Å².